The number of hydrogen-bond donors (Lipinski definition) is 2. The fourth-order valence-electron chi connectivity index (χ4n) is 3.47. The normalized spacial score (nSPS) is 22.2. The van der Waals surface area contributed by atoms with Gasteiger partial charge in [0.05, 0.1) is 17.6 Å². The van der Waals surface area contributed by atoms with Gasteiger partial charge >= 0.3 is 0 Å². The highest BCUT2D eigenvalue weighted by Crippen LogP contribution is 2.26. The number of ether oxygens (including phenoxy) is 1. The standard InChI is InChI=1S/C16H24N4O4S/c1-24-15-3-2-13(25(17,22)23)10-14(15)16(21)20-7-4-12(11-20)19-8-5-18-6-9-19/h2-3,10,12,18H,4-9,11H2,1H3,(H2,17,22,23). The lowest BCUT2D eigenvalue weighted by Crippen LogP contribution is -2.49. The SMILES string of the molecule is COc1ccc(S(N)(=O)=O)cc1C(=O)N1CCC(N2CCNCC2)C1. The van der Waals surface area contributed by atoms with Crippen LogP contribution >= 0.6 is 0 Å². The van der Waals surface area contributed by atoms with Gasteiger partial charge in [-0.05, 0) is 24.6 Å². The van der Waals surface area contributed by atoms with Crippen molar-refractivity contribution in [1.29, 1.82) is 0 Å². The van der Waals surface area contributed by atoms with Gasteiger partial charge in [-0.3, -0.25) is 9.69 Å². The number of likely N-dealkylation sites (tertiary alicyclic amines) is 1. The molecule has 2 fully saturated rings. The maximum absolute atomic E-state index is 12.9. The summed E-state index contributed by atoms with van der Waals surface area (Å²) in [7, 11) is -2.42. The molecule has 9 heteroatoms. The Labute approximate surface area is 148 Å². The van der Waals surface area contributed by atoms with Crippen LogP contribution in [0.5, 0.6) is 5.75 Å². The number of primary sulfonamides is 1. The van der Waals surface area contributed by atoms with Gasteiger partial charge in [-0.2, -0.15) is 0 Å². The van der Waals surface area contributed by atoms with Crippen LogP contribution in [0.3, 0.4) is 0 Å². The zero-order valence-corrected chi connectivity index (χ0v) is 15.1. The number of nitrogens with zero attached hydrogens (tertiary/aromatic N) is 2. The summed E-state index contributed by atoms with van der Waals surface area (Å²) in [5, 5.41) is 8.51. The minimum Gasteiger partial charge on any atom is -0.496 e. The Morgan fingerprint density at radius 3 is 2.64 bits per heavy atom. The fourth-order valence-corrected chi connectivity index (χ4v) is 4.01. The van der Waals surface area contributed by atoms with Crippen LogP contribution in [-0.4, -0.2) is 76.5 Å². The quantitative estimate of drug-likeness (QED) is 0.740. The molecule has 2 aliphatic heterocycles. The predicted molar refractivity (Wildman–Crippen MR) is 93.1 cm³/mol. The smallest absolute Gasteiger partial charge is 0.257 e. The molecule has 0 aliphatic carbocycles. The molecule has 2 heterocycles. The summed E-state index contributed by atoms with van der Waals surface area (Å²) in [6, 6.07) is 4.46. The van der Waals surface area contributed by atoms with Crippen LogP contribution in [-0.2, 0) is 10.0 Å². The van der Waals surface area contributed by atoms with Gasteiger partial charge in [-0.25, -0.2) is 13.6 Å². The number of nitrogens with one attached hydrogen (secondary N) is 1. The minimum absolute atomic E-state index is 0.0884. The Bertz CT molecular complexity index is 747. The highest BCUT2D eigenvalue weighted by molar-refractivity contribution is 7.89. The average Bonchev–Trinajstić information content (AvgIpc) is 3.10. The fraction of sp³-hybridized carbons (Fsp3) is 0.562. The van der Waals surface area contributed by atoms with Crippen LogP contribution in [0, 0.1) is 0 Å². The van der Waals surface area contributed by atoms with Crippen LogP contribution in [0.4, 0.5) is 0 Å². The first-order valence-corrected chi connectivity index (χ1v) is 9.89. The van der Waals surface area contributed by atoms with Crippen LogP contribution in [0.1, 0.15) is 16.8 Å². The van der Waals surface area contributed by atoms with Crippen molar-refractivity contribution in [3.8, 4) is 5.75 Å². The molecule has 2 aliphatic rings. The summed E-state index contributed by atoms with van der Waals surface area (Å²) in [5.74, 6) is 0.128. The number of amides is 1. The number of carbonyl (C=O) groups is 1. The molecule has 25 heavy (non-hydrogen) atoms. The summed E-state index contributed by atoms with van der Waals surface area (Å²) in [5.41, 5.74) is 0.231. The van der Waals surface area contributed by atoms with Gasteiger partial charge in [0.25, 0.3) is 5.91 Å². The van der Waals surface area contributed by atoms with Crippen molar-refractivity contribution in [3.05, 3.63) is 23.8 Å². The van der Waals surface area contributed by atoms with Gasteiger partial charge in [-0.1, -0.05) is 0 Å². The second-order valence-electron chi connectivity index (χ2n) is 6.39. The number of benzene rings is 1. The lowest BCUT2D eigenvalue weighted by atomic mass is 10.1. The average molecular weight is 368 g/mol. The molecule has 2 saturated heterocycles. The van der Waals surface area contributed by atoms with Gasteiger partial charge in [0.15, 0.2) is 0 Å². The molecule has 1 amide bonds. The van der Waals surface area contributed by atoms with Crippen molar-refractivity contribution < 1.29 is 17.9 Å². The van der Waals surface area contributed by atoms with Crippen molar-refractivity contribution in [2.45, 2.75) is 17.4 Å². The first kappa shape index (κ1) is 18.1. The molecule has 3 rings (SSSR count). The van der Waals surface area contributed by atoms with Crippen LogP contribution in [0.25, 0.3) is 0 Å². The lowest BCUT2D eigenvalue weighted by Gasteiger charge is -2.32. The molecule has 0 aromatic heterocycles. The molecule has 8 nitrogen and oxygen atoms in total. The number of rotatable bonds is 4. The van der Waals surface area contributed by atoms with E-state index in [1.54, 1.807) is 4.90 Å². The van der Waals surface area contributed by atoms with E-state index in [0.29, 0.717) is 24.9 Å². The molecule has 0 bridgehead atoms. The number of hydrogen-bond acceptors (Lipinski definition) is 6. The molecule has 1 atom stereocenters. The van der Waals surface area contributed by atoms with Crippen molar-refractivity contribution in [2.75, 3.05) is 46.4 Å². The van der Waals surface area contributed by atoms with E-state index in [9.17, 15) is 13.2 Å². The molecular formula is C16H24N4O4S. The first-order valence-electron chi connectivity index (χ1n) is 8.35. The number of sulfonamides is 1. The van der Waals surface area contributed by atoms with Crippen LogP contribution in [0.2, 0.25) is 0 Å². The third-order valence-corrected chi connectivity index (χ3v) is 5.76. The summed E-state index contributed by atoms with van der Waals surface area (Å²) in [6.07, 6.45) is 0.920. The number of carbonyl (C=O) groups excluding carboxylic acids is 1. The second kappa shape index (κ2) is 7.28. The summed E-state index contributed by atoms with van der Waals surface area (Å²) in [6.45, 7) is 5.19. The van der Waals surface area contributed by atoms with E-state index in [1.165, 1.54) is 25.3 Å². The topological polar surface area (TPSA) is 105 Å². The third-order valence-electron chi connectivity index (χ3n) is 4.85. The molecule has 1 aromatic rings. The lowest BCUT2D eigenvalue weighted by molar-refractivity contribution is 0.0770. The maximum Gasteiger partial charge on any atom is 0.257 e. The Hall–Kier alpha value is -1.68. The second-order valence-corrected chi connectivity index (χ2v) is 7.95. The minimum atomic E-state index is -3.88. The largest absolute Gasteiger partial charge is 0.496 e. The zero-order chi connectivity index (χ0) is 18.0. The Morgan fingerprint density at radius 1 is 1.28 bits per heavy atom. The first-order chi connectivity index (χ1) is 11.9. The van der Waals surface area contributed by atoms with Crippen molar-refractivity contribution in [3.63, 3.8) is 0 Å². The molecular weight excluding hydrogens is 344 g/mol. The molecule has 3 N–H and O–H groups in total. The molecule has 1 unspecified atom stereocenters. The van der Waals surface area contributed by atoms with E-state index in [1.807, 2.05) is 0 Å². The van der Waals surface area contributed by atoms with E-state index in [-0.39, 0.29) is 16.4 Å². The maximum atomic E-state index is 12.9. The van der Waals surface area contributed by atoms with E-state index < -0.39 is 10.0 Å². The zero-order valence-electron chi connectivity index (χ0n) is 14.3. The van der Waals surface area contributed by atoms with E-state index in [0.717, 1.165) is 32.6 Å². The monoisotopic (exact) mass is 368 g/mol. The van der Waals surface area contributed by atoms with Gasteiger partial charge in [0.1, 0.15) is 5.75 Å². The Morgan fingerprint density at radius 2 is 2.00 bits per heavy atom. The summed E-state index contributed by atoms with van der Waals surface area (Å²) < 4.78 is 28.4. The number of methoxy groups -OCH3 is 1. The van der Waals surface area contributed by atoms with E-state index in [4.69, 9.17) is 9.88 Å². The summed E-state index contributed by atoms with van der Waals surface area (Å²) >= 11 is 0. The highest BCUT2D eigenvalue weighted by Gasteiger charge is 2.32. The van der Waals surface area contributed by atoms with Gasteiger partial charge in [-0.15, -0.1) is 0 Å². The van der Waals surface area contributed by atoms with Crippen LogP contribution in [0.15, 0.2) is 23.1 Å². The number of piperazine rings is 1. The predicted octanol–water partition coefficient (Wildman–Crippen LogP) is -0.538. The highest BCUT2D eigenvalue weighted by atomic mass is 32.2. The van der Waals surface area contributed by atoms with E-state index in [2.05, 4.69) is 10.2 Å². The van der Waals surface area contributed by atoms with Gasteiger partial charge in [0.2, 0.25) is 10.0 Å². The van der Waals surface area contributed by atoms with E-state index >= 15 is 0 Å². The third kappa shape index (κ3) is 3.95. The van der Waals surface area contributed by atoms with Gasteiger partial charge < -0.3 is 15.0 Å². The Balaban J connectivity index is 1.78. The van der Waals surface area contributed by atoms with Crippen molar-refractivity contribution in [1.82, 2.24) is 15.1 Å². The molecule has 0 radical (unpaired) electrons. The van der Waals surface area contributed by atoms with Gasteiger partial charge in [0, 0.05) is 45.3 Å². The number of nitrogens with two attached hydrogens (primary N) is 1. The molecule has 1 aromatic carbocycles. The molecule has 138 valence electrons. The molecule has 0 saturated carbocycles. The van der Waals surface area contributed by atoms with Crippen molar-refractivity contribution >= 4 is 15.9 Å². The summed E-state index contributed by atoms with van der Waals surface area (Å²) in [4.78, 5) is 17.0. The molecule has 0 spiro atoms. The van der Waals surface area contributed by atoms with Crippen molar-refractivity contribution in [2.24, 2.45) is 5.14 Å². The van der Waals surface area contributed by atoms with Crippen LogP contribution < -0.4 is 15.2 Å². The Kier molecular flexibility index (Phi) is 5.28.